The van der Waals surface area contributed by atoms with E-state index in [0.717, 1.165) is 27.7 Å². The first-order valence-electron chi connectivity index (χ1n) is 12.4. The summed E-state index contributed by atoms with van der Waals surface area (Å²) in [6, 6.07) is 16.9. The van der Waals surface area contributed by atoms with Crippen molar-refractivity contribution in [2.75, 3.05) is 6.54 Å². The van der Waals surface area contributed by atoms with Gasteiger partial charge in [0.05, 0.1) is 17.8 Å². The number of carbonyl (C=O) groups excluding carboxylic acids is 3. The van der Waals surface area contributed by atoms with Gasteiger partial charge in [0.15, 0.2) is 5.60 Å². The zero-order chi connectivity index (χ0) is 26.9. The van der Waals surface area contributed by atoms with Gasteiger partial charge in [0, 0.05) is 42.0 Å². The molecule has 2 atom stereocenters. The average Bonchev–Trinajstić information content (AvgIpc) is 3.40. The monoisotopic (exact) mass is 515 g/mol. The minimum atomic E-state index is -1.11. The molecule has 10 heteroatoms. The molecule has 3 N–H and O–H groups in total. The third kappa shape index (κ3) is 5.02. The highest BCUT2D eigenvalue weighted by atomic mass is 16.7. The normalized spacial score (nSPS) is 22.4. The van der Waals surface area contributed by atoms with Crippen LogP contribution in [-0.4, -0.2) is 40.6 Å². The number of para-hydroxylation sites is 1. The predicted molar refractivity (Wildman–Crippen MR) is 140 cm³/mol. The summed E-state index contributed by atoms with van der Waals surface area (Å²) in [5.41, 5.74) is 2.25. The van der Waals surface area contributed by atoms with Gasteiger partial charge in [-0.3, -0.25) is 19.9 Å². The highest BCUT2D eigenvalue weighted by molar-refractivity contribution is 6.09. The van der Waals surface area contributed by atoms with Crippen LogP contribution in [0.15, 0.2) is 59.8 Å². The Morgan fingerprint density at radius 3 is 2.63 bits per heavy atom. The van der Waals surface area contributed by atoms with Gasteiger partial charge < -0.3 is 20.2 Å². The molecule has 196 valence electrons. The zero-order valence-electron chi connectivity index (χ0n) is 21.5. The van der Waals surface area contributed by atoms with E-state index < -0.39 is 23.1 Å². The molecule has 1 fully saturated rings. The molecule has 2 aliphatic heterocycles. The van der Waals surface area contributed by atoms with E-state index in [9.17, 15) is 14.4 Å². The molecule has 2 aliphatic rings. The summed E-state index contributed by atoms with van der Waals surface area (Å²) < 4.78 is 6.10. The van der Waals surface area contributed by atoms with E-state index in [1.165, 1.54) is 6.92 Å². The van der Waals surface area contributed by atoms with Crippen LogP contribution in [0.25, 0.3) is 10.9 Å². The number of urea groups is 1. The molecule has 5 rings (SSSR count). The molecule has 2 aromatic carbocycles. The van der Waals surface area contributed by atoms with E-state index in [1.807, 2.05) is 61.5 Å². The van der Waals surface area contributed by atoms with Crippen molar-refractivity contribution >= 4 is 34.5 Å². The molecule has 0 saturated carbocycles. The van der Waals surface area contributed by atoms with E-state index in [4.69, 9.17) is 9.57 Å². The fourth-order valence-electron chi connectivity index (χ4n) is 4.90. The average molecular weight is 516 g/mol. The van der Waals surface area contributed by atoms with Crippen molar-refractivity contribution in [2.45, 2.75) is 51.4 Å². The number of oxime groups is 1. The second-order valence-electron chi connectivity index (χ2n) is 10.00. The number of nitrogens with zero attached hydrogens (tertiary/aromatic N) is 2. The minimum Gasteiger partial charge on any atom is -0.489 e. The summed E-state index contributed by atoms with van der Waals surface area (Å²) in [6.07, 6.45) is 0.529. The Balaban J connectivity index is 1.32. The van der Waals surface area contributed by atoms with Crippen LogP contribution in [0, 0.1) is 6.92 Å². The molecule has 38 heavy (non-hydrogen) atoms. The van der Waals surface area contributed by atoms with Crippen LogP contribution in [-0.2, 0) is 26.6 Å². The highest BCUT2D eigenvalue weighted by Crippen LogP contribution is 2.37. The fraction of sp³-hybridized carbons (Fsp3) is 0.321. The summed E-state index contributed by atoms with van der Waals surface area (Å²) in [7, 11) is 0. The van der Waals surface area contributed by atoms with Crippen LogP contribution < -0.4 is 20.7 Å². The maximum absolute atomic E-state index is 12.3. The summed E-state index contributed by atoms with van der Waals surface area (Å²) >= 11 is 0. The number of amides is 4. The SMILES string of the molecule is CC(=O)NCC1(c2ccc(OCc3cc(C)nc4ccccc34)cc2)CC(CC2(C)NC(=O)NC2=O)=NO1. The van der Waals surface area contributed by atoms with Crippen LogP contribution in [0.1, 0.15) is 43.5 Å². The van der Waals surface area contributed by atoms with Crippen LogP contribution in [0.5, 0.6) is 5.75 Å². The molecule has 10 nitrogen and oxygen atoms in total. The lowest BCUT2D eigenvalue weighted by Crippen LogP contribution is -2.46. The number of aryl methyl sites for hydroxylation is 1. The summed E-state index contributed by atoms with van der Waals surface area (Å²) in [4.78, 5) is 46.1. The predicted octanol–water partition coefficient (Wildman–Crippen LogP) is 3.22. The Morgan fingerprint density at radius 2 is 1.92 bits per heavy atom. The van der Waals surface area contributed by atoms with Crippen molar-refractivity contribution in [3.8, 4) is 5.75 Å². The summed E-state index contributed by atoms with van der Waals surface area (Å²) in [6.45, 7) is 5.61. The number of nitrogens with one attached hydrogen (secondary N) is 3. The molecule has 3 heterocycles. The zero-order valence-corrected chi connectivity index (χ0v) is 21.5. The number of ether oxygens (including phenoxy) is 1. The molecule has 1 saturated heterocycles. The molecular weight excluding hydrogens is 486 g/mol. The van der Waals surface area contributed by atoms with Gasteiger partial charge in [-0.25, -0.2) is 4.79 Å². The van der Waals surface area contributed by atoms with Gasteiger partial charge in [-0.2, -0.15) is 0 Å². The highest BCUT2D eigenvalue weighted by Gasteiger charge is 2.47. The van der Waals surface area contributed by atoms with E-state index in [0.29, 0.717) is 24.5 Å². The maximum Gasteiger partial charge on any atom is 0.322 e. The van der Waals surface area contributed by atoms with E-state index in [1.54, 1.807) is 6.92 Å². The van der Waals surface area contributed by atoms with Crippen molar-refractivity contribution in [2.24, 2.45) is 5.16 Å². The van der Waals surface area contributed by atoms with Gasteiger partial charge in [-0.15, -0.1) is 0 Å². The lowest BCUT2D eigenvalue weighted by atomic mass is 9.85. The van der Waals surface area contributed by atoms with E-state index in [-0.39, 0.29) is 18.9 Å². The van der Waals surface area contributed by atoms with E-state index >= 15 is 0 Å². The Hall–Kier alpha value is -4.47. The van der Waals surface area contributed by atoms with E-state index in [2.05, 4.69) is 26.1 Å². The lowest BCUT2D eigenvalue weighted by molar-refractivity contribution is -0.123. The first-order valence-corrected chi connectivity index (χ1v) is 12.4. The number of hydrogen-bond donors (Lipinski definition) is 3. The second-order valence-corrected chi connectivity index (χ2v) is 10.00. The number of rotatable bonds is 8. The molecule has 0 bridgehead atoms. The van der Waals surface area contributed by atoms with Crippen molar-refractivity contribution < 1.29 is 24.0 Å². The van der Waals surface area contributed by atoms with Crippen LogP contribution in [0.4, 0.5) is 4.79 Å². The third-order valence-corrected chi connectivity index (χ3v) is 6.84. The first-order chi connectivity index (χ1) is 18.2. The molecule has 0 radical (unpaired) electrons. The van der Waals surface area contributed by atoms with Crippen LogP contribution >= 0.6 is 0 Å². The molecule has 1 aromatic heterocycles. The largest absolute Gasteiger partial charge is 0.489 e. The van der Waals surface area contributed by atoms with Gasteiger partial charge in [-0.05, 0) is 38.1 Å². The van der Waals surface area contributed by atoms with Crippen LogP contribution in [0.2, 0.25) is 0 Å². The number of hydrogen-bond acceptors (Lipinski definition) is 7. The standard InChI is InChI=1S/C28H29N5O5/c1-17-12-19(23-6-4-5-7-24(23)30-17)15-37-22-10-8-20(9-11-22)28(16-29-18(2)34)14-21(33-38-28)13-27(3)25(35)31-26(36)32-27/h4-12H,13-16H2,1-3H3,(H,29,34)(H2,31,32,35,36). The minimum absolute atomic E-state index is 0.187. The number of fused-ring (bicyclic) bond motifs is 1. The Morgan fingerprint density at radius 1 is 1.16 bits per heavy atom. The smallest absolute Gasteiger partial charge is 0.322 e. The Bertz CT molecular complexity index is 1450. The van der Waals surface area contributed by atoms with Crippen molar-refractivity contribution in [1.82, 2.24) is 20.9 Å². The van der Waals surface area contributed by atoms with Gasteiger partial charge in [0.2, 0.25) is 5.91 Å². The molecule has 3 aromatic rings. The van der Waals surface area contributed by atoms with Gasteiger partial charge in [0.25, 0.3) is 5.91 Å². The second kappa shape index (κ2) is 9.77. The number of carbonyl (C=O) groups is 3. The molecule has 0 spiro atoms. The topological polar surface area (TPSA) is 131 Å². The summed E-state index contributed by atoms with van der Waals surface area (Å²) in [5.74, 6) is 0.0674. The van der Waals surface area contributed by atoms with Gasteiger partial charge >= 0.3 is 6.03 Å². The van der Waals surface area contributed by atoms with Gasteiger partial charge in [0.1, 0.15) is 17.9 Å². The molecule has 2 unspecified atom stereocenters. The first kappa shape index (κ1) is 25.2. The lowest BCUT2D eigenvalue weighted by Gasteiger charge is -2.28. The Kier molecular flexibility index (Phi) is 6.48. The van der Waals surface area contributed by atoms with Crippen molar-refractivity contribution in [1.29, 1.82) is 0 Å². The third-order valence-electron chi connectivity index (χ3n) is 6.84. The number of imide groups is 1. The van der Waals surface area contributed by atoms with Crippen molar-refractivity contribution in [3.63, 3.8) is 0 Å². The molecule has 0 aliphatic carbocycles. The summed E-state index contributed by atoms with van der Waals surface area (Å²) in [5, 5.41) is 13.0. The maximum atomic E-state index is 12.3. The fourth-order valence-corrected chi connectivity index (χ4v) is 4.90. The quantitative estimate of drug-likeness (QED) is 0.395. The number of aromatic nitrogens is 1. The molecular formula is C28H29N5O5. The number of pyridine rings is 1. The number of benzene rings is 2. The molecule has 4 amide bonds. The van der Waals surface area contributed by atoms with Crippen LogP contribution in [0.3, 0.4) is 0 Å². The van der Waals surface area contributed by atoms with Gasteiger partial charge in [-0.1, -0.05) is 35.5 Å². The van der Waals surface area contributed by atoms with Crippen molar-refractivity contribution in [3.05, 3.63) is 71.4 Å². The Labute approximate surface area is 219 Å².